The van der Waals surface area contributed by atoms with Crippen molar-refractivity contribution in [3.8, 4) is 46.0 Å². The molecule has 105 heavy (non-hydrogen) atoms. The average Bonchev–Trinajstić information content (AvgIpc) is 1.62. The SMILES string of the molecule is CCCCCCN(CCCCCC)c1ccc(C(=O)c2ccccc2OC=O)c(O)c1.CCCCCCN(CCCCCC)c1ccc2c(c1)Oc1cc3c(cc1C21OC(=O)c2ccccc21)Oc1cc(N(CCCCCC)CCCCCC)ccc1C31OC(=O)c2ccccc21.Oc1ccc(O)cc1. The molecule has 0 radical (unpaired) electrons. The minimum Gasteiger partial charge on any atom is -0.508 e. The summed E-state index contributed by atoms with van der Waals surface area (Å²) in [6, 6.07) is 49.6. The van der Waals surface area contributed by atoms with Gasteiger partial charge < -0.3 is 53.7 Å². The number of carbonyl (C=O) groups excluding carboxylic acids is 4. The highest BCUT2D eigenvalue weighted by molar-refractivity contribution is 6.12. The van der Waals surface area contributed by atoms with Gasteiger partial charge in [-0.15, -0.1) is 0 Å². The number of unbranched alkanes of at least 4 members (excludes halogenated alkanes) is 18. The molecule has 0 bridgehead atoms. The molecule has 0 amide bonds. The zero-order chi connectivity index (χ0) is 74.1. The fourth-order valence-electron chi connectivity index (χ4n) is 15.0. The van der Waals surface area contributed by atoms with Crippen LogP contribution in [0.2, 0.25) is 0 Å². The Kier molecular flexibility index (Phi) is 28.4. The Morgan fingerprint density at radius 2 is 0.714 bits per heavy atom. The maximum absolute atomic E-state index is 14.1. The Hall–Kier alpha value is -9.76. The van der Waals surface area contributed by atoms with Crippen LogP contribution in [-0.4, -0.2) is 78.8 Å². The number of nitrogens with zero attached hydrogens (tertiary/aromatic N) is 3. The molecule has 2 unspecified atom stereocenters. The van der Waals surface area contributed by atoms with Crippen molar-refractivity contribution < 1.29 is 58.2 Å². The summed E-state index contributed by atoms with van der Waals surface area (Å²) >= 11 is 0. The molecule has 2 atom stereocenters. The highest BCUT2D eigenvalue weighted by atomic mass is 16.6. The topological polar surface area (TPSA) is 185 Å². The summed E-state index contributed by atoms with van der Waals surface area (Å²) in [6.07, 6.45) is 28.3. The van der Waals surface area contributed by atoms with Crippen LogP contribution in [0, 0.1) is 0 Å². The predicted molar refractivity (Wildman–Crippen MR) is 419 cm³/mol. The summed E-state index contributed by atoms with van der Waals surface area (Å²) in [5.41, 5.74) is 6.35. The van der Waals surface area contributed by atoms with Gasteiger partial charge in [-0.05, 0) is 136 Å². The maximum Gasteiger partial charge on any atom is 0.340 e. The van der Waals surface area contributed by atoms with Gasteiger partial charge in [0.1, 0.15) is 46.0 Å². The van der Waals surface area contributed by atoms with E-state index in [0.29, 0.717) is 51.7 Å². The largest absolute Gasteiger partial charge is 0.508 e. The van der Waals surface area contributed by atoms with Crippen molar-refractivity contribution in [2.75, 3.05) is 54.0 Å². The maximum atomic E-state index is 14.1. The van der Waals surface area contributed by atoms with E-state index < -0.39 is 11.2 Å². The standard InChI is InChI=1S/C58H68N2O6.C26H35NO4.C6H6O2/c1-5-9-13-21-33-59(34-22-14-10-6-2)41-29-31-47-51(37-41)63-53-39-50-54(40-49(53)57(47)45-27-19-17-25-43(45)55(61)65-57)64-52-38-42(60(35-23-15-11-7-3)36-24-16-12-8-4)30-32-48(52)58(50)46-28-20-18-26-44(46)56(62)66-58;1-3-5-7-11-17-27(18-12-8-6-4-2)21-15-16-22(24(29)19-21)26(30)23-13-9-10-14-25(23)31-20-28;7-5-1-2-6(8)4-3-5/h17-20,25-32,37-40H,5-16,21-24,33-36H2,1-4H3;9-10,13-16,19-20,29H,3-8,11-12,17-18H2,1-2H3;1-4,7-8H. The molecule has 4 aliphatic rings. The minimum atomic E-state index is -1.31. The van der Waals surface area contributed by atoms with Gasteiger partial charge >= 0.3 is 11.9 Å². The van der Waals surface area contributed by atoms with Crippen LogP contribution in [0.3, 0.4) is 0 Å². The predicted octanol–water partition coefficient (Wildman–Crippen LogP) is 22.0. The van der Waals surface area contributed by atoms with E-state index in [1.807, 2.05) is 66.7 Å². The van der Waals surface area contributed by atoms with Crippen LogP contribution >= 0.6 is 0 Å². The molecule has 0 saturated heterocycles. The molecule has 556 valence electrons. The third-order valence-corrected chi connectivity index (χ3v) is 20.7. The number of benzene rings is 8. The highest BCUT2D eigenvalue weighted by Crippen LogP contribution is 2.63. The first kappa shape index (κ1) is 77.8. The number of esters is 2. The molecule has 15 heteroatoms. The van der Waals surface area contributed by atoms with Crippen molar-refractivity contribution in [2.45, 2.75) is 207 Å². The summed E-state index contributed by atoms with van der Waals surface area (Å²) in [6.45, 7) is 19.4. The van der Waals surface area contributed by atoms with Gasteiger partial charge in [-0.1, -0.05) is 206 Å². The van der Waals surface area contributed by atoms with Crippen LogP contribution in [0.15, 0.2) is 164 Å². The molecule has 0 saturated carbocycles. The van der Waals surface area contributed by atoms with Crippen molar-refractivity contribution in [3.63, 3.8) is 0 Å². The summed E-state index contributed by atoms with van der Waals surface area (Å²) in [7, 11) is 0. The lowest BCUT2D eigenvalue weighted by atomic mass is 9.74. The van der Waals surface area contributed by atoms with Crippen LogP contribution in [-0.2, 0) is 25.5 Å². The lowest BCUT2D eigenvalue weighted by molar-refractivity contribution is -0.120. The van der Waals surface area contributed by atoms with E-state index in [-0.39, 0.29) is 51.8 Å². The Morgan fingerprint density at radius 3 is 1.09 bits per heavy atom. The summed E-state index contributed by atoms with van der Waals surface area (Å²) < 4.78 is 32.6. The van der Waals surface area contributed by atoms with Crippen LogP contribution in [0.5, 0.6) is 46.0 Å². The van der Waals surface area contributed by atoms with Crippen molar-refractivity contribution in [1.82, 2.24) is 0 Å². The fourth-order valence-corrected chi connectivity index (χ4v) is 15.0. The number of ether oxygens (including phenoxy) is 5. The van der Waals surface area contributed by atoms with E-state index in [4.69, 9.17) is 33.9 Å². The number of rotatable bonds is 37. The Morgan fingerprint density at radius 1 is 0.371 bits per heavy atom. The molecular weight excluding hydrogens is 1310 g/mol. The summed E-state index contributed by atoms with van der Waals surface area (Å²) in [4.78, 5) is 59.1. The van der Waals surface area contributed by atoms with Gasteiger partial charge in [0, 0.05) is 96.8 Å². The van der Waals surface area contributed by atoms with E-state index in [1.54, 1.807) is 36.4 Å². The smallest absolute Gasteiger partial charge is 0.340 e. The molecule has 12 rings (SSSR count). The first-order chi connectivity index (χ1) is 51.3. The number of ketones is 1. The molecule has 8 aromatic rings. The fraction of sp³-hybridized carbons (Fsp3) is 0.422. The number of hydrogen-bond donors (Lipinski definition) is 3. The van der Waals surface area contributed by atoms with Crippen molar-refractivity contribution in [2.24, 2.45) is 0 Å². The van der Waals surface area contributed by atoms with Crippen LogP contribution in [0.1, 0.15) is 266 Å². The van der Waals surface area contributed by atoms with E-state index in [0.717, 1.165) is 117 Å². The van der Waals surface area contributed by atoms with E-state index in [9.17, 15) is 24.3 Å². The normalized spacial score (nSPS) is 15.2. The molecule has 15 nitrogen and oxygen atoms in total. The van der Waals surface area contributed by atoms with Gasteiger partial charge in [-0.25, -0.2) is 9.59 Å². The minimum absolute atomic E-state index is 0.0597. The molecule has 4 heterocycles. The van der Waals surface area contributed by atoms with Crippen molar-refractivity contribution >= 4 is 41.3 Å². The van der Waals surface area contributed by atoms with Gasteiger partial charge in [0.25, 0.3) is 6.47 Å². The molecule has 8 aromatic carbocycles. The number of fused-ring (bicyclic) bond motifs is 12. The van der Waals surface area contributed by atoms with Crippen molar-refractivity contribution in [3.05, 3.63) is 219 Å². The Balaban J connectivity index is 0.000000250. The number of para-hydroxylation sites is 1. The second-order valence-electron chi connectivity index (χ2n) is 28.2. The van der Waals surface area contributed by atoms with Crippen molar-refractivity contribution in [1.29, 1.82) is 0 Å². The number of anilines is 3. The number of phenols is 3. The van der Waals surface area contributed by atoms with Gasteiger partial charge in [-0.3, -0.25) is 9.59 Å². The zero-order valence-corrected chi connectivity index (χ0v) is 62.7. The number of aromatic hydroxyl groups is 3. The number of phenolic OH excluding ortho intramolecular Hbond substituents is 3. The average molecular weight is 1420 g/mol. The Labute approximate surface area is 622 Å². The quantitative estimate of drug-likeness (QED) is 0.0110. The third-order valence-electron chi connectivity index (χ3n) is 20.7. The van der Waals surface area contributed by atoms with E-state index in [2.05, 4.69) is 92.6 Å². The molecule has 0 aliphatic carbocycles. The monoisotopic (exact) mass is 1420 g/mol. The summed E-state index contributed by atoms with van der Waals surface area (Å²) in [5.74, 6) is 1.62. The molecule has 0 fully saturated rings. The number of carbonyl (C=O) groups is 4. The molecule has 4 aliphatic heterocycles. The van der Waals surface area contributed by atoms with Gasteiger partial charge in [0.15, 0.2) is 17.0 Å². The molecule has 3 N–H and O–H groups in total. The van der Waals surface area contributed by atoms with Crippen LogP contribution in [0.4, 0.5) is 17.1 Å². The third kappa shape index (κ3) is 18.3. The van der Waals surface area contributed by atoms with E-state index >= 15 is 0 Å². The lowest BCUT2D eigenvalue weighted by Crippen LogP contribution is -2.36. The first-order valence-corrected chi connectivity index (χ1v) is 39.1. The van der Waals surface area contributed by atoms with Crippen LogP contribution in [0.25, 0.3) is 0 Å². The van der Waals surface area contributed by atoms with Gasteiger partial charge in [0.05, 0.1) is 33.4 Å². The second kappa shape index (κ2) is 38.3. The zero-order valence-electron chi connectivity index (χ0n) is 62.7. The summed E-state index contributed by atoms with van der Waals surface area (Å²) in [5, 5.41) is 27.9. The van der Waals surface area contributed by atoms with E-state index in [1.165, 1.54) is 140 Å². The van der Waals surface area contributed by atoms with Crippen LogP contribution < -0.4 is 28.9 Å². The molecular formula is C90H109N3O12. The Bertz CT molecular complexity index is 3960. The molecule has 0 aromatic heterocycles. The lowest BCUT2D eigenvalue weighted by Gasteiger charge is -2.41. The molecule has 2 spiro atoms. The number of hydrogen-bond acceptors (Lipinski definition) is 15. The first-order valence-electron chi connectivity index (χ1n) is 39.1. The van der Waals surface area contributed by atoms with Gasteiger partial charge in [-0.2, -0.15) is 0 Å². The second-order valence-corrected chi connectivity index (χ2v) is 28.2. The highest BCUT2D eigenvalue weighted by Gasteiger charge is 2.58. The van der Waals surface area contributed by atoms with Gasteiger partial charge in [0.2, 0.25) is 0 Å².